The minimum atomic E-state index is -0.00345. The lowest BCUT2D eigenvalue weighted by Crippen LogP contribution is -2.45. The maximum absolute atomic E-state index is 12.7. The average Bonchev–Trinajstić information content (AvgIpc) is 2.62. The first-order chi connectivity index (χ1) is 12.0. The molecule has 1 aliphatic rings. The summed E-state index contributed by atoms with van der Waals surface area (Å²) in [5.74, 6) is 0.933. The van der Waals surface area contributed by atoms with Crippen LogP contribution in [-0.2, 0) is 4.79 Å². The molecule has 6 heteroatoms. The number of aromatic nitrogens is 1. The predicted molar refractivity (Wildman–Crippen MR) is 99.6 cm³/mol. The lowest BCUT2D eigenvalue weighted by Gasteiger charge is -2.38. The van der Waals surface area contributed by atoms with Crippen molar-refractivity contribution in [1.29, 1.82) is 0 Å². The molecule has 138 valence electrons. The van der Waals surface area contributed by atoms with E-state index in [2.05, 4.69) is 11.9 Å². The maximum Gasteiger partial charge on any atom is 0.254 e. The van der Waals surface area contributed by atoms with Gasteiger partial charge < -0.3 is 9.80 Å². The first kappa shape index (κ1) is 19.7. The van der Waals surface area contributed by atoms with Crippen molar-refractivity contribution < 1.29 is 9.59 Å². The molecule has 1 fully saturated rings. The number of amides is 2. The van der Waals surface area contributed by atoms with Crippen LogP contribution in [0.5, 0.6) is 0 Å². The van der Waals surface area contributed by atoms with Crippen molar-refractivity contribution in [2.45, 2.75) is 40.0 Å². The normalized spacial score (nSPS) is 20.4. The van der Waals surface area contributed by atoms with Gasteiger partial charge in [-0.05, 0) is 44.2 Å². The molecule has 2 atom stereocenters. The Morgan fingerprint density at radius 2 is 2.00 bits per heavy atom. The molecule has 1 aliphatic heterocycles. The van der Waals surface area contributed by atoms with Crippen LogP contribution in [-0.4, -0.2) is 52.8 Å². The summed E-state index contributed by atoms with van der Waals surface area (Å²) in [6, 6.07) is 3.31. The zero-order chi connectivity index (χ0) is 18.4. The Morgan fingerprint density at radius 1 is 1.28 bits per heavy atom. The van der Waals surface area contributed by atoms with Gasteiger partial charge in [0.1, 0.15) is 5.15 Å². The fourth-order valence-corrected chi connectivity index (χ4v) is 3.82. The lowest BCUT2D eigenvalue weighted by atomic mass is 9.81. The number of pyridine rings is 1. The van der Waals surface area contributed by atoms with Crippen LogP contribution < -0.4 is 0 Å². The number of carbonyl (C=O) groups excluding carboxylic acids is 2. The van der Waals surface area contributed by atoms with Crippen LogP contribution in [0, 0.1) is 11.8 Å². The third-order valence-electron chi connectivity index (χ3n) is 5.23. The summed E-state index contributed by atoms with van der Waals surface area (Å²) in [5.41, 5.74) is 0.576. The van der Waals surface area contributed by atoms with Gasteiger partial charge in [-0.3, -0.25) is 9.59 Å². The molecule has 0 N–H and O–H groups in total. The highest BCUT2D eigenvalue weighted by atomic mass is 35.5. The first-order valence-corrected chi connectivity index (χ1v) is 9.56. The summed E-state index contributed by atoms with van der Waals surface area (Å²) in [4.78, 5) is 32.8. The molecule has 5 nitrogen and oxygen atoms in total. The van der Waals surface area contributed by atoms with E-state index >= 15 is 0 Å². The number of hydrogen-bond acceptors (Lipinski definition) is 3. The van der Waals surface area contributed by atoms with Gasteiger partial charge >= 0.3 is 0 Å². The molecular formula is C19H28ClN3O2. The molecule has 2 heterocycles. The predicted octanol–water partition coefficient (Wildman–Crippen LogP) is 3.48. The third kappa shape index (κ3) is 4.94. The molecule has 0 saturated carbocycles. The number of carbonyl (C=O) groups is 2. The van der Waals surface area contributed by atoms with E-state index in [-0.39, 0.29) is 11.8 Å². The third-order valence-corrected chi connectivity index (χ3v) is 5.44. The topological polar surface area (TPSA) is 53.5 Å². The van der Waals surface area contributed by atoms with Gasteiger partial charge in [0.25, 0.3) is 5.91 Å². The monoisotopic (exact) mass is 365 g/mol. The van der Waals surface area contributed by atoms with Gasteiger partial charge in [-0.25, -0.2) is 4.98 Å². The summed E-state index contributed by atoms with van der Waals surface area (Å²) in [7, 11) is 0. The highest BCUT2D eigenvalue weighted by Crippen LogP contribution is 2.30. The molecule has 0 bridgehead atoms. The van der Waals surface area contributed by atoms with E-state index in [1.54, 1.807) is 18.3 Å². The Balaban J connectivity index is 2.01. The fourth-order valence-electron chi connectivity index (χ4n) is 3.64. The van der Waals surface area contributed by atoms with Gasteiger partial charge in [0.05, 0.1) is 0 Å². The molecule has 0 unspecified atom stereocenters. The smallest absolute Gasteiger partial charge is 0.254 e. The largest absolute Gasteiger partial charge is 0.343 e. The quantitative estimate of drug-likeness (QED) is 0.725. The molecule has 25 heavy (non-hydrogen) atoms. The lowest BCUT2D eigenvalue weighted by molar-refractivity contribution is -0.132. The Morgan fingerprint density at radius 3 is 2.60 bits per heavy atom. The van der Waals surface area contributed by atoms with Crippen molar-refractivity contribution in [3.63, 3.8) is 0 Å². The molecule has 0 aromatic carbocycles. The van der Waals surface area contributed by atoms with E-state index in [1.807, 2.05) is 23.6 Å². The van der Waals surface area contributed by atoms with Gasteiger partial charge in [-0.1, -0.05) is 24.9 Å². The van der Waals surface area contributed by atoms with E-state index in [1.165, 1.54) is 0 Å². The number of hydrogen-bond donors (Lipinski definition) is 0. The Hall–Kier alpha value is -1.62. The second-order valence-corrected chi connectivity index (χ2v) is 6.99. The highest BCUT2D eigenvalue weighted by molar-refractivity contribution is 6.29. The van der Waals surface area contributed by atoms with Crippen molar-refractivity contribution in [3.8, 4) is 0 Å². The Labute approximate surface area is 155 Å². The van der Waals surface area contributed by atoms with Crippen LogP contribution in [0.2, 0.25) is 5.15 Å². The molecule has 1 aromatic heterocycles. The highest BCUT2D eigenvalue weighted by Gasteiger charge is 2.32. The second-order valence-electron chi connectivity index (χ2n) is 6.61. The first-order valence-electron chi connectivity index (χ1n) is 9.18. The van der Waals surface area contributed by atoms with E-state index in [4.69, 9.17) is 11.6 Å². The van der Waals surface area contributed by atoms with Gasteiger partial charge in [-0.2, -0.15) is 0 Å². The molecular weight excluding hydrogens is 338 g/mol. The van der Waals surface area contributed by atoms with E-state index in [0.717, 1.165) is 25.9 Å². The number of rotatable bonds is 6. The van der Waals surface area contributed by atoms with Crippen molar-refractivity contribution in [3.05, 3.63) is 29.0 Å². The van der Waals surface area contributed by atoms with Gasteiger partial charge in [-0.15, -0.1) is 0 Å². The van der Waals surface area contributed by atoms with E-state index in [0.29, 0.717) is 42.1 Å². The molecule has 0 aliphatic carbocycles. The molecule has 1 saturated heterocycles. The summed E-state index contributed by atoms with van der Waals surface area (Å²) >= 11 is 5.90. The minimum absolute atomic E-state index is 0.00345. The van der Waals surface area contributed by atoms with Crippen molar-refractivity contribution in [2.75, 3.05) is 26.2 Å². The molecule has 0 radical (unpaired) electrons. The number of halogens is 1. The second kappa shape index (κ2) is 9.18. The van der Waals surface area contributed by atoms with Crippen LogP contribution >= 0.6 is 11.6 Å². The van der Waals surface area contributed by atoms with Gasteiger partial charge in [0.15, 0.2) is 0 Å². The summed E-state index contributed by atoms with van der Waals surface area (Å²) < 4.78 is 0. The van der Waals surface area contributed by atoms with Gasteiger partial charge in [0, 0.05) is 44.4 Å². The maximum atomic E-state index is 12.7. The SMILES string of the molecule is CC[C@H]1CN(C(=O)c2ccnc(Cl)c2)CC[C@H]1CC(=O)N(CC)CC. The zero-order valence-corrected chi connectivity index (χ0v) is 16.1. The van der Waals surface area contributed by atoms with Crippen LogP contribution in [0.1, 0.15) is 50.4 Å². The van der Waals surface area contributed by atoms with Crippen LogP contribution in [0.25, 0.3) is 0 Å². The number of nitrogens with zero attached hydrogens (tertiary/aromatic N) is 3. The van der Waals surface area contributed by atoms with Crippen molar-refractivity contribution >= 4 is 23.4 Å². The summed E-state index contributed by atoms with van der Waals surface area (Å²) in [6.07, 6.45) is 3.98. The minimum Gasteiger partial charge on any atom is -0.343 e. The van der Waals surface area contributed by atoms with E-state index < -0.39 is 0 Å². The number of piperidine rings is 1. The fraction of sp³-hybridized carbons (Fsp3) is 0.632. The van der Waals surface area contributed by atoms with Gasteiger partial charge in [0.2, 0.25) is 5.91 Å². The van der Waals surface area contributed by atoms with Crippen molar-refractivity contribution in [2.24, 2.45) is 11.8 Å². The van der Waals surface area contributed by atoms with E-state index in [9.17, 15) is 9.59 Å². The van der Waals surface area contributed by atoms with Crippen LogP contribution in [0.3, 0.4) is 0 Å². The summed E-state index contributed by atoms with van der Waals surface area (Å²) in [5, 5.41) is 0.331. The average molecular weight is 366 g/mol. The molecule has 2 amide bonds. The molecule has 1 aromatic rings. The Kier molecular flexibility index (Phi) is 7.24. The zero-order valence-electron chi connectivity index (χ0n) is 15.4. The molecule has 0 spiro atoms. The standard InChI is InChI=1S/C19H28ClN3O2/c1-4-14-13-23(19(25)16-7-9-21-17(20)11-16)10-8-15(14)12-18(24)22(5-2)6-3/h7,9,11,14-15H,4-6,8,10,12-13H2,1-3H3/t14-,15-/m0/s1. The van der Waals surface area contributed by atoms with Crippen LogP contribution in [0.15, 0.2) is 18.3 Å². The Bertz CT molecular complexity index is 604. The molecule has 2 rings (SSSR count). The number of likely N-dealkylation sites (tertiary alicyclic amines) is 1. The summed E-state index contributed by atoms with van der Waals surface area (Å²) in [6.45, 7) is 9.06. The van der Waals surface area contributed by atoms with Crippen LogP contribution in [0.4, 0.5) is 0 Å². The van der Waals surface area contributed by atoms with Crippen molar-refractivity contribution in [1.82, 2.24) is 14.8 Å².